The SMILES string of the molecule is CCCCCCCCCCCCCC=CC=CC(=O)OC(COC(=O)CCCCCCCCCCCCCCC)COP(=O)(O)OC1C(OC2OC(CO)C(O)C(O)C2O)C(O)C(O)C(O)C1OC1OC(CO)C(O)C(O)C1O. The molecule has 0 bridgehead atoms. The Bertz CT molecular complexity index is 1670. The van der Waals surface area contributed by atoms with E-state index in [2.05, 4.69) is 13.8 Å². The number of allylic oxidation sites excluding steroid dienone is 3. The predicted octanol–water partition coefficient (Wildman–Crippen LogP) is 3.70. The van der Waals surface area contributed by atoms with E-state index in [0.29, 0.717) is 6.42 Å². The number of ether oxygens (including phenoxy) is 6. The molecular weight excluding hydrogens is 1060 g/mol. The molecule has 12 N–H and O–H groups in total. The van der Waals surface area contributed by atoms with Crippen molar-refractivity contribution in [3.63, 3.8) is 0 Å². The second kappa shape index (κ2) is 40.2. The first-order valence-electron chi connectivity index (χ1n) is 29.2. The Morgan fingerprint density at radius 3 is 1.34 bits per heavy atom. The number of carbonyl (C=O) groups is 2. The van der Waals surface area contributed by atoms with E-state index in [1.54, 1.807) is 6.08 Å². The molecule has 0 spiro atoms. The van der Waals surface area contributed by atoms with Crippen LogP contribution in [0.25, 0.3) is 0 Å². The third-order valence-electron chi connectivity index (χ3n) is 14.6. The van der Waals surface area contributed by atoms with Crippen molar-refractivity contribution in [2.45, 2.75) is 285 Å². The third kappa shape index (κ3) is 26.2. The summed E-state index contributed by atoms with van der Waals surface area (Å²) in [6.45, 7) is 0.895. The summed E-state index contributed by atoms with van der Waals surface area (Å²) in [7, 11) is -5.66. The van der Waals surface area contributed by atoms with Gasteiger partial charge in [0, 0.05) is 12.5 Å². The van der Waals surface area contributed by atoms with Gasteiger partial charge in [0.25, 0.3) is 0 Å². The number of carbonyl (C=O) groups excluding carboxylic acids is 2. The van der Waals surface area contributed by atoms with Crippen LogP contribution in [0.5, 0.6) is 0 Å². The molecule has 16 unspecified atom stereocenters. The van der Waals surface area contributed by atoms with E-state index in [-0.39, 0.29) is 6.42 Å². The molecule has 2 aliphatic heterocycles. The fraction of sp³-hybridized carbons (Fsp3) is 0.891. The van der Waals surface area contributed by atoms with Gasteiger partial charge in [-0.2, -0.15) is 0 Å². The molecule has 0 aromatic rings. The molecule has 462 valence electrons. The van der Waals surface area contributed by atoms with E-state index < -0.39 is 150 Å². The molecule has 23 nitrogen and oxygen atoms in total. The summed E-state index contributed by atoms with van der Waals surface area (Å²) in [5.41, 5.74) is 0. The Hall–Kier alpha value is -2.07. The van der Waals surface area contributed by atoms with Crippen molar-refractivity contribution in [1.82, 2.24) is 0 Å². The van der Waals surface area contributed by atoms with Crippen LogP contribution in [0, 0.1) is 0 Å². The van der Waals surface area contributed by atoms with Gasteiger partial charge in [0.1, 0.15) is 92.1 Å². The van der Waals surface area contributed by atoms with E-state index in [9.17, 15) is 75.2 Å². The molecule has 0 aromatic carbocycles. The van der Waals surface area contributed by atoms with Crippen molar-refractivity contribution in [3.8, 4) is 0 Å². The summed E-state index contributed by atoms with van der Waals surface area (Å²) in [6.07, 6.45) is -0.493. The number of hydrogen-bond acceptors (Lipinski definition) is 22. The second-order valence-electron chi connectivity index (χ2n) is 21.2. The van der Waals surface area contributed by atoms with Crippen LogP contribution in [-0.4, -0.2) is 204 Å². The zero-order valence-electron chi connectivity index (χ0n) is 46.6. The first kappa shape index (κ1) is 71.2. The molecule has 2 saturated heterocycles. The minimum absolute atomic E-state index is 0.0363. The quantitative estimate of drug-likeness (QED) is 0.0136. The predicted molar refractivity (Wildman–Crippen MR) is 286 cm³/mol. The van der Waals surface area contributed by atoms with E-state index in [0.717, 1.165) is 63.9 Å². The smallest absolute Gasteiger partial charge is 0.462 e. The number of rotatable bonds is 42. The van der Waals surface area contributed by atoms with E-state index >= 15 is 0 Å². The average Bonchev–Trinajstić information content (AvgIpc) is 3.55. The van der Waals surface area contributed by atoms with E-state index in [4.69, 9.17) is 37.5 Å². The summed E-state index contributed by atoms with van der Waals surface area (Å²) < 4.78 is 57.8. The van der Waals surface area contributed by atoms with Gasteiger partial charge in [-0.1, -0.05) is 173 Å². The van der Waals surface area contributed by atoms with Crippen molar-refractivity contribution >= 4 is 19.8 Å². The lowest BCUT2D eigenvalue weighted by atomic mass is 9.84. The van der Waals surface area contributed by atoms with Crippen molar-refractivity contribution in [3.05, 3.63) is 24.3 Å². The van der Waals surface area contributed by atoms with Gasteiger partial charge in [-0.25, -0.2) is 9.36 Å². The number of phosphoric acid groups is 1. The highest BCUT2D eigenvalue weighted by molar-refractivity contribution is 7.47. The Balaban J connectivity index is 1.74. The third-order valence-corrected chi connectivity index (χ3v) is 15.6. The van der Waals surface area contributed by atoms with Crippen molar-refractivity contribution in [2.75, 3.05) is 26.4 Å². The number of hydrogen-bond donors (Lipinski definition) is 12. The van der Waals surface area contributed by atoms with Crippen molar-refractivity contribution in [2.24, 2.45) is 0 Å². The molecule has 79 heavy (non-hydrogen) atoms. The molecule has 0 amide bonds. The first-order valence-corrected chi connectivity index (χ1v) is 30.7. The minimum Gasteiger partial charge on any atom is -0.462 e. The molecule has 3 fully saturated rings. The lowest BCUT2D eigenvalue weighted by Gasteiger charge is -2.49. The largest absolute Gasteiger partial charge is 0.472 e. The van der Waals surface area contributed by atoms with Crippen LogP contribution in [0.4, 0.5) is 0 Å². The molecule has 24 heteroatoms. The molecule has 16 atom stereocenters. The number of aliphatic hydroxyl groups excluding tert-OH is 11. The van der Waals surface area contributed by atoms with Crippen LogP contribution in [0.15, 0.2) is 24.3 Å². The molecule has 0 radical (unpaired) electrons. The Morgan fingerprint density at radius 1 is 0.506 bits per heavy atom. The summed E-state index contributed by atoms with van der Waals surface area (Å²) in [5.74, 6) is -1.58. The maximum atomic E-state index is 14.0. The number of unbranched alkanes of at least 4 members (excludes halogenated alkanes) is 23. The summed E-state index contributed by atoms with van der Waals surface area (Å²) in [5, 5.41) is 116. The fourth-order valence-corrected chi connectivity index (χ4v) is 10.7. The van der Waals surface area contributed by atoms with Crippen molar-refractivity contribution < 1.29 is 113 Å². The standard InChI is InChI=1S/C55H99O23P/c1-3-5-7-9-11-13-15-17-18-20-22-24-26-28-30-32-41(59)73-37(35-71-40(58)31-29-27-25-23-21-19-16-14-12-10-8-6-4-2)36-72-79(69,70)78-53-51(76-54-49(67)44(62)42(60)38(33-56)74-54)47(65)46(64)48(66)52(53)77-55-50(68)45(63)43(61)39(34-57)75-55/h26,28,30,32,37-39,42-57,60-68H,3-25,27,29,31,33-36H2,1-2H3,(H,69,70). The van der Waals surface area contributed by atoms with Crippen LogP contribution in [0.1, 0.15) is 181 Å². The number of aliphatic hydroxyl groups is 11. The average molecular weight is 1160 g/mol. The van der Waals surface area contributed by atoms with Crippen LogP contribution in [0.2, 0.25) is 0 Å². The van der Waals surface area contributed by atoms with Gasteiger partial charge in [-0.05, 0) is 19.3 Å². The Morgan fingerprint density at radius 2 is 0.911 bits per heavy atom. The highest BCUT2D eigenvalue weighted by atomic mass is 31.2. The van der Waals surface area contributed by atoms with Crippen LogP contribution in [-0.2, 0) is 51.6 Å². The summed E-state index contributed by atoms with van der Waals surface area (Å²) >= 11 is 0. The van der Waals surface area contributed by atoms with Crippen LogP contribution >= 0.6 is 7.82 Å². The van der Waals surface area contributed by atoms with Gasteiger partial charge < -0.3 is 89.5 Å². The molecule has 3 rings (SSSR count). The lowest BCUT2D eigenvalue weighted by molar-refractivity contribution is -0.360. The number of esters is 2. The van der Waals surface area contributed by atoms with Crippen LogP contribution in [0.3, 0.4) is 0 Å². The molecule has 0 aromatic heterocycles. The highest BCUT2D eigenvalue weighted by Gasteiger charge is 2.58. The molecule has 1 saturated carbocycles. The summed E-state index contributed by atoms with van der Waals surface area (Å²) in [6, 6.07) is 0. The number of phosphoric ester groups is 1. The topological polar surface area (TPSA) is 368 Å². The van der Waals surface area contributed by atoms with E-state index in [1.165, 1.54) is 102 Å². The van der Waals surface area contributed by atoms with E-state index in [1.807, 2.05) is 6.08 Å². The second-order valence-corrected chi connectivity index (χ2v) is 22.7. The van der Waals surface area contributed by atoms with Crippen molar-refractivity contribution in [1.29, 1.82) is 0 Å². The zero-order chi connectivity index (χ0) is 58.2. The van der Waals surface area contributed by atoms with Gasteiger partial charge in [0.2, 0.25) is 0 Å². The van der Waals surface area contributed by atoms with Gasteiger partial charge >= 0.3 is 19.8 Å². The molecule has 2 heterocycles. The normalized spacial score (nSPS) is 31.6. The van der Waals surface area contributed by atoms with Gasteiger partial charge in [-0.3, -0.25) is 13.8 Å². The molecule has 3 aliphatic rings. The van der Waals surface area contributed by atoms with Crippen LogP contribution < -0.4 is 0 Å². The van der Waals surface area contributed by atoms with Gasteiger partial charge in [0.15, 0.2) is 18.7 Å². The minimum atomic E-state index is -5.66. The van der Waals surface area contributed by atoms with Gasteiger partial charge in [0.05, 0.1) is 19.8 Å². The first-order chi connectivity index (χ1) is 37.9. The molecule has 1 aliphatic carbocycles. The summed E-state index contributed by atoms with van der Waals surface area (Å²) in [4.78, 5) is 37.3. The Labute approximate surface area is 466 Å². The molecular formula is C55H99O23P. The highest BCUT2D eigenvalue weighted by Crippen LogP contribution is 2.49. The maximum Gasteiger partial charge on any atom is 0.472 e. The lowest BCUT2D eigenvalue weighted by Crippen LogP contribution is -2.69. The van der Waals surface area contributed by atoms with Gasteiger partial charge in [-0.15, -0.1) is 0 Å². The maximum absolute atomic E-state index is 14.0. The Kier molecular flexibility index (Phi) is 36.3. The fourth-order valence-electron chi connectivity index (χ4n) is 9.73. The zero-order valence-corrected chi connectivity index (χ0v) is 47.5. The monoisotopic (exact) mass is 1160 g/mol.